The molecule has 0 bridgehead atoms. The maximum atomic E-state index is 9.21. The zero-order valence-corrected chi connectivity index (χ0v) is 17.3. The Morgan fingerprint density at radius 1 is 0.929 bits per heavy atom. The quantitative estimate of drug-likeness (QED) is 0.623. The first-order valence-corrected chi connectivity index (χ1v) is 10.2. The van der Waals surface area contributed by atoms with Crippen molar-refractivity contribution in [3.63, 3.8) is 0 Å². The van der Waals surface area contributed by atoms with Gasteiger partial charge in [0.2, 0.25) is 0 Å². The number of hydrogen-bond donors (Lipinski definition) is 0. The summed E-state index contributed by atoms with van der Waals surface area (Å²) in [5.74, 6) is 0. The van der Waals surface area contributed by atoms with Crippen LogP contribution >= 0.6 is 23.2 Å². The normalized spacial score (nSPS) is 15.8. The predicted molar refractivity (Wildman–Crippen MR) is 115 cm³/mol. The van der Waals surface area contributed by atoms with Crippen LogP contribution in [-0.4, -0.2) is 40.5 Å². The molecular formula is C22H22Cl2N4. The van der Waals surface area contributed by atoms with Gasteiger partial charge < -0.3 is 4.57 Å². The molecule has 144 valence electrons. The van der Waals surface area contributed by atoms with E-state index in [1.165, 1.54) is 16.5 Å². The molecule has 0 amide bonds. The van der Waals surface area contributed by atoms with Crippen LogP contribution in [0.25, 0.3) is 10.9 Å². The average molecular weight is 413 g/mol. The summed E-state index contributed by atoms with van der Waals surface area (Å²) in [6.45, 7) is 5.80. The SMILES string of the molecule is Cn1cc(CN2CCN(Cc3ccc(Cl)cc3Cl)CC2)c2cc(C#N)ccc21. The number of nitrogens with zero attached hydrogens (tertiary/aromatic N) is 4. The van der Waals surface area contributed by atoms with Gasteiger partial charge in [-0.2, -0.15) is 5.26 Å². The summed E-state index contributed by atoms with van der Waals surface area (Å²) in [6.07, 6.45) is 2.19. The van der Waals surface area contributed by atoms with E-state index in [0.29, 0.717) is 10.6 Å². The molecule has 0 saturated carbocycles. The first-order chi connectivity index (χ1) is 13.5. The van der Waals surface area contributed by atoms with Gasteiger partial charge in [-0.3, -0.25) is 9.80 Å². The van der Waals surface area contributed by atoms with Gasteiger partial charge in [-0.15, -0.1) is 0 Å². The van der Waals surface area contributed by atoms with Crippen LogP contribution in [0.1, 0.15) is 16.7 Å². The second-order valence-corrected chi connectivity index (χ2v) is 8.24. The van der Waals surface area contributed by atoms with Gasteiger partial charge in [0, 0.05) is 73.5 Å². The molecule has 3 aromatic rings. The van der Waals surface area contributed by atoms with Gasteiger partial charge in [-0.1, -0.05) is 29.3 Å². The lowest BCUT2D eigenvalue weighted by molar-refractivity contribution is 0.122. The highest BCUT2D eigenvalue weighted by Crippen LogP contribution is 2.25. The van der Waals surface area contributed by atoms with Crippen LogP contribution in [0.2, 0.25) is 10.0 Å². The summed E-state index contributed by atoms with van der Waals surface area (Å²) >= 11 is 12.3. The molecule has 4 nitrogen and oxygen atoms in total. The molecule has 2 aromatic carbocycles. The van der Waals surface area contributed by atoms with Crippen LogP contribution in [0.5, 0.6) is 0 Å². The van der Waals surface area contributed by atoms with Crippen molar-refractivity contribution in [2.75, 3.05) is 26.2 Å². The fourth-order valence-corrected chi connectivity index (χ4v) is 4.37. The smallest absolute Gasteiger partial charge is 0.0991 e. The van der Waals surface area contributed by atoms with Gasteiger partial charge in [-0.25, -0.2) is 0 Å². The van der Waals surface area contributed by atoms with E-state index in [1.54, 1.807) is 0 Å². The van der Waals surface area contributed by atoms with Crippen molar-refractivity contribution in [1.82, 2.24) is 14.4 Å². The lowest BCUT2D eigenvalue weighted by atomic mass is 10.1. The zero-order valence-electron chi connectivity index (χ0n) is 15.8. The van der Waals surface area contributed by atoms with Crippen LogP contribution in [0, 0.1) is 11.3 Å². The number of aryl methyl sites for hydroxylation is 1. The second kappa shape index (κ2) is 8.14. The molecule has 0 N–H and O–H groups in total. The van der Waals surface area contributed by atoms with Crippen LogP contribution in [-0.2, 0) is 20.1 Å². The van der Waals surface area contributed by atoms with Gasteiger partial charge in [0.15, 0.2) is 0 Å². The molecule has 28 heavy (non-hydrogen) atoms. The number of aromatic nitrogens is 1. The van der Waals surface area contributed by atoms with Crippen molar-refractivity contribution in [2.45, 2.75) is 13.1 Å². The third-order valence-corrected chi connectivity index (χ3v) is 6.06. The van der Waals surface area contributed by atoms with Crippen molar-refractivity contribution in [3.05, 3.63) is 69.3 Å². The van der Waals surface area contributed by atoms with E-state index in [-0.39, 0.29) is 0 Å². The molecule has 1 aromatic heterocycles. The van der Waals surface area contributed by atoms with Gasteiger partial charge in [-0.05, 0) is 41.5 Å². The van der Waals surface area contributed by atoms with Crippen LogP contribution in [0.15, 0.2) is 42.6 Å². The minimum Gasteiger partial charge on any atom is -0.350 e. The zero-order chi connectivity index (χ0) is 19.7. The Morgan fingerprint density at radius 3 is 2.25 bits per heavy atom. The van der Waals surface area contributed by atoms with Crippen molar-refractivity contribution in [3.8, 4) is 6.07 Å². The van der Waals surface area contributed by atoms with E-state index in [9.17, 15) is 5.26 Å². The molecule has 1 saturated heterocycles. The van der Waals surface area contributed by atoms with Crippen LogP contribution < -0.4 is 0 Å². The van der Waals surface area contributed by atoms with Crippen molar-refractivity contribution < 1.29 is 0 Å². The lowest BCUT2D eigenvalue weighted by Gasteiger charge is -2.34. The third-order valence-electron chi connectivity index (χ3n) is 5.47. The topological polar surface area (TPSA) is 35.2 Å². The Kier molecular flexibility index (Phi) is 5.61. The maximum Gasteiger partial charge on any atom is 0.0991 e. The highest BCUT2D eigenvalue weighted by atomic mass is 35.5. The van der Waals surface area contributed by atoms with Crippen molar-refractivity contribution in [2.24, 2.45) is 7.05 Å². The Labute approximate surface area is 175 Å². The Balaban J connectivity index is 1.41. The number of hydrogen-bond acceptors (Lipinski definition) is 3. The Hall–Kier alpha value is -2.03. The molecule has 0 radical (unpaired) electrons. The highest BCUT2D eigenvalue weighted by Gasteiger charge is 2.19. The molecular weight excluding hydrogens is 391 g/mol. The monoisotopic (exact) mass is 412 g/mol. The molecule has 1 aliphatic heterocycles. The number of fused-ring (bicyclic) bond motifs is 1. The van der Waals surface area contributed by atoms with Crippen molar-refractivity contribution in [1.29, 1.82) is 5.26 Å². The number of rotatable bonds is 4. The van der Waals surface area contributed by atoms with E-state index in [0.717, 1.165) is 49.9 Å². The number of halogens is 2. The predicted octanol–water partition coefficient (Wildman–Crippen LogP) is 4.67. The summed E-state index contributed by atoms with van der Waals surface area (Å²) in [7, 11) is 2.06. The fraction of sp³-hybridized carbons (Fsp3) is 0.318. The van der Waals surface area contributed by atoms with E-state index in [1.807, 2.05) is 36.4 Å². The van der Waals surface area contributed by atoms with E-state index in [2.05, 4.69) is 33.7 Å². The molecule has 1 fully saturated rings. The summed E-state index contributed by atoms with van der Waals surface area (Å²) in [5, 5.41) is 11.8. The van der Waals surface area contributed by atoms with Gasteiger partial charge in [0.1, 0.15) is 0 Å². The van der Waals surface area contributed by atoms with Gasteiger partial charge >= 0.3 is 0 Å². The highest BCUT2D eigenvalue weighted by molar-refractivity contribution is 6.35. The van der Waals surface area contributed by atoms with Crippen molar-refractivity contribution >= 4 is 34.1 Å². The van der Waals surface area contributed by atoms with E-state index in [4.69, 9.17) is 23.2 Å². The molecule has 0 atom stereocenters. The summed E-state index contributed by atoms with van der Waals surface area (Å²) in [5.41, 5.74) is 4.29. The lowest BCUT2D eigenvalue weighted by Crippen LogP contribution is -2.45. The Morgan fingerprint density at radius 2 is 1.61 bits per heavy atom. The number of benzene rings is 2. The van der Waals surface area contributed by atoms with Gasteiger partial charge in [0.25, 0.3) is 0 Å². The molecule has 4 rings (SSSR count). The first kappa shape index (κ1) is 19.3. The second-order valence-electron chi connectivity index (χ2n) is 7.40. The van der Waals surface area contributed by atoms with Gasteiger partial charge in [0.05, 0.1) is 11.6 Å². The largest absolute Gasteiger partial charge is 0.350 e. The maximum absolute atomic E-state index is 9.21. The number of nitriles is 1. The average Bonchev–Trinajstić information content (AvgIpc) is 3.00. The van der Waals surface area contributed by atoms with E-state index < -0.39 is 0 Å². The Bertz CT molecular complexity index is 1040. The van der Waals surface area contributed by atoms with E-state index >= 15 is 0 Å². The third kappa shape index (κ3) is 4.04. The van der Waals surface area contributed by atoms with Crippen LogP contribution in [0.3, 0.4) is 0 Å². The fourth-order valence-electron chi connectivity index (χ4n) is 3.91. The first-order valence-electron chi connectivity index (χ1n) is 9.40. The molecule has 1 aliphatic rings. The number of piperazine rings is 1. The summed E-state index contributed by atoms with van der Waals surface area (Å²) in [4.78, 5) is 4.91. The molecule has 2 heterocycles. The molecule has 0 unspecified atom stereocenters. The minimum atomic E-state index is 0.674. The molecule has 0 spiro atoms. The molecule has 0 aliphatic carbocycles. The standard InChI is InChI=1S/C22H22Cl2N4/c1-26-13-18(20-10-16(12-25)2-5-22(20)26)15-28-8-6-27(7-9-28)14-17-3-4-19(23)11-21(17)24/h2-5,10-11,13H,6-9,14-15H2,1H3. The minimum absolute atomic E-state index is 0.674. The summed E-state index contributed by atoms with van der Waals surface area (Å²) in [6, 6.07) is 13.9. The summed E-state index contributed by atoms with van der Waals surface area (Å²) < 4.78 is 2.14. The van der Waals surface area contributed by atoms with Crippen LogP contribution in [0.4, 0.5) is 0 Å². The molecule has 6 heteroatoms.